The highest BCUT2D eigenvalue weighted by atomic mass is 32.2. The smallest absolute Gasteiger partial charge is 0.253 e. The summed E-state index contributed by atoms with van der Waals surface area (Å²) >= 11 is 0. The molecular weight excluding hydrogens is 548 g/mol. The van der Waals surface area contributed by atoms with Crippen LogP contribution in [0.2, 0.25) is 0 Å². The fraction of sp³-hybridized carbons (Fsp3) is 0.455. The summed E-state index contributed by atoms with van der Waals surface area (Å²) < 4.78 is 35.6. The van der Waals surface area contributed by atoms with Crippen LogP contribution in [0.15, 0.2) is 59.8 Å². The van der Waals surface area contributed by atoms with Crippen LogP contribution in [0.25, 0.3) is 0 Å². The Bertz CT molecular complexity index is 1560. The number of rotatable bonds is 6. The van der Waals surface area contributed by atoms with E-state index in [1.54, 1.807) is 33.1 Å². The number of aromatic nitrogens is 1. The first kappa shape index (κ1) is 28.7. The molecule has 3 aromatic rings. The first-order valence-corrected chi connectivity index (χ1v) is 16.4. The van der Waals surface area contributed by atoms with Crippen LogP contribution in [-0.4, -0.2) is 57.5 Å². The van der Waals surface area contributed by atoms with Crippen molar-refractivity contribution in [2.75, 3.05) is 38.2 Å². The molecule has 1 amide bonds. The van der Waals surface area contributed by atoms with Crippen molar-refractivity contribution >= 4 is 21.6 Å². The lowest BCUT2D eigenvalue weighted by Crippen LogP contribution is -2.42. The molecule has 1 aromatic heterocycles. The molecule has 9 heteroatoms. The SMILES string of the molecule is COc1cc(C)c(S(=O)(=O)N[C@@H]2CCCc3ccc(C(=O)N4CCC5(CCN(c6ccncc6)CC5)C4)cc32)c(C)c1. The van der Waals surface area contributed by atoms with Crippen LogP contribution in [0.3, 0.4) is 0 Å². The Hall–Kier alpha value is -3.43. The highest BCUT2D eigenvalue weighted by molar-refractivity contribution is 7.89. The minimum atomic E-state index is -3.79. The molecule has 3 aliphatic rings. The first-order valence-electron chi connectivity index (χ1n) is 14.9. The highest BCUT2D eigenvalue weighted by Gasteiger charge is 2.42. The second kappa shape index (κ2) is 11.3. The molecule has 222 valence electrons. The van der Waals surface area contributed by atoms with Crippen molar-refractivity contribution in [2.45, 2.75) is 63.3 Å². The predicted molar refractivity (Wildman–Crippen MR) is 164 cm³/mol. The highest BCUT2D eigenvalue weighted by Crippen LogP contribution is 2.42. The Morgan fingerprint density at radius 1 is 1.00 bits per heavy atom. The van der Waals surface area contributed by atoms with E-state index in [1.165, 1.54) is 5.69 Å². The topological polar surface area (TPSA) is 91.8 Å². The van der Waals surface area contributed by atoms with E-state index >= 15 is 0 Å². The number of ether oxygens (including phenoxy) is 1. The van der Waals surface area contributed by atoms with Crippen molar-refractivity contribution < 1.29 is 17.9 Å². The van der Waals surface area contributed by atoms with Gasteiger partial charge in [-0.05, 0) is 116 Å². The van der Waals surface area contributed by atoms with Crippen molar-refractivity contribution in [2.24, 2.45) is 5.41 Å². The Morgan fingerprint density at radius 2 is 1.69 bits per heavy atom. The third-order valence-corrected chi connectivity index (χ3v) is 11.3. The zero-order valence-electron chi connectivity index (χ0n) is 24.7. The molecule has 42 heavy (non-hydrogen) atoms. The van der Waals surface area contributed by atoms with Crippen molar-refractivity contribution in [3.63, 3.8) is 0 Å². The second-order valence-electron chi connectivity index (χ2n) is 12.2. The molecule has 2 fully saturated rings. The fourth-order valence-electron chi connectivity index (χ4n) is 7.25. The van der Waals surface area contributed by atoms with E-state index < -0.39 is 10.0 Å². The van der Waals surface area contributed by atoms with E-state index in [4.69, 9.17) is 4.74 Å². The van der Waals surface area contributed by atoms with E-state index in [-0.39, 0.29) is 17.4 Å². The van der Waals surface area contributed by atoms with Gasteiger partial charge in [0.15, 0.2) is 0 Å². The lowest BCUT2D eigenvalue weighted by atomic mass is 9.77. The van der Waals surface area contributed by atoms with Crippen LogP contribution in [0.4, 0.5) is 5.69 Å². The Balaban J connectivity index is 1.17. The number of aryl methyl sites for hydroxylation is 3. The van der Waals surface area contributed by atoms with E-state index in [1.807, 2.05) is 35.5 Å². The monoisotopic (exact) mass is 588 g/mol. The molecule has 8 nitrogen and oxygen atoms in total. The molecule has 0 radical (unpaired) electrons. The number of likely N-dealkylation sites (tertiary alicyclic amines) is 1. The number of amides is 1. The van der Waals surface area contributed by atoms with Gasteiger partial charge in [0, 0.05) is 55.9 Å². The Kier molecular flexibility index (Phi) is 7.74. The summed E-state index contributed by atoms with van der Waals surface area (Å²) in [6, 6.07) is 13.1. The number of sulfonamides is 1. The van der Waals surface area contributed by atoms with Crippen LogP contribution in [0, 0.1) is 19.3 Å². The van der Waals surface area contributed by atoms with Gasteiger partial charge in [-0.15, -0.1) is 0 Å². The van der Waals surface area contributed by atoms with Crippen molar-refractivity contribution in [1.82, 2.24) is 14.6 Å². The van der Waals surface area contributed by atoms with Gasteiger partial charge in [-0.1, -0.05) is 6.07 Å². The quantitative estimate of drug-likeness (QED) is 0.426. The van der Waals surface area contributed by atoms with Gasteiger partial charge in [0.05, 0.1) is 12.0 Å². The maximum absolute atomic E-state index is 13.8. The fourth-order valence-corrected chi connectivity index (χ4v) is 8.95. The maximum Gasteiger partial charge on any atom is 0.253 e. The second-order valence-corrected chi connectivity index (χ2v) is 13.9. The summed E-state index contributed by atoms with van der Waals surface area (Å²) in [4.78, 5) is 22.6. The standard InChI is InChI=1S/C33H40N4O4S/c1-23-19-28(41-3)20-24(2)31(23)42(39,40)35-30-6-4-5-25-7-8-26(21-29(25)30)32(38)37-18-13-33(22-37)11-16-36(17-12-33)27-9-14-34-15-10-27/h7-10,14-15,19-21,30,35H,4-6,11-13,16-18,22H2,1-3H3/t30-/m1/s1. The molecule has 2 aliphatic heterocycles. The third-order valence-electron chi connectivity index (χ3n) is 9.52. The van der Waals surface area contributed by atoms with Gasteiger partial charge in [0.2, 0.25) is 10.0 Å². The summed E-state index contributed by atoms with van der Waals surface area (Å²) in [5.74, 6) is 0.679. The Labute approximate surface area is 249 Å². The van der Waals surface area contributed by atoms with Gasteiger partial charge in [-0.2, -0.15) is 0 Å². The number of carbonyl (C=O) groups is 1. The molecule has 1 aliphatic carbocycles. The molecule has 2 aromatic carbocycles. The molecule has 2 saturated heterocycles. The minimum Gasteiger partial charge on any atom is -0.497 e. The average molecular weight is 589 g/mol. The number of methoxy groups -OCH3 is 1. The van der Waals surface area contributed by atoms with Gasteiger partial charge in [0.25, 0.3) is 5.91 Å². The molecule has 6 rings (SSSR count). The van der Waals surface area contributed by atoms with E-state index in [0.717, 1.165) is 69.4 Å². The van der Waals surface area contributed by atoms with Crippen LogP contribution in [0.1, 0.15) is 70.8 Å². The summed E-state index contributed by atoms with van der Waals surface area (Å²) in [6.07, 6.45) is 9.29. The van der Waals surface area contributed by atoms with E-state index in [0.29, 0.717) is 33.8 Å². The van der Waals surface area contributed by atoms with Crippen molar-refractivity contribution in [3.8, 4) is 5.75 Å². The number of carbonyl (C=O) groups excluding carboxylic acids is 1. The van der Waals surface area contributed by atoms with Gasteiger partial charge in [0.1, 0.15) is 5.75 Å². The van der Waals surface area contributed by atoms with Crippen LogP contribution in [0.5, 0.6) is 5.75 Å². The van der Waals surface area contributed by atoms with Gasteiger partial charge < -0.3 is 14.5 Å². The van der Waals surface area contributed by atoms with Crippen LogP contribution in [-0.2, 0) is 16.4 Å². The molecule has 0 unspecified atom stereocenters. The van der Waals surface area contributed by atoms with Gasteiger partial charge >= 0.3 is 0 Å². The number of pyridine rings is 1. The Morgan fingerprint density at radius 3 is 2.38 bits per heavy atom. The summed E-state index contributed by atoms with van der Waals surface area (Å²) in [7, 11) is -2.21. The van der Waals surface area contributed by atoms with E-state index in [2.05, 4.69) is 26.7 Å². The van der Waals surface area contributed by atoms with Gasteiger partial charge in [-0.3, -0.25) is 9.78 Å². The zero-order chi connectivity index (χ0) is 29.5. The van der Waals surface area contributed by atoms with E-state index in [9.17, 15) is 13.2 Å². The zero-order valence-corrected chi connectivity index (χ0v) is 25.5. The van der Waals surface area contributed by atoms with Gasteiger partial charge in [-0.25, -0.2) is 13.1 Å². The minimum absolute atomic E-state index is 0.0419. The van der Waals surface area contributed by atoms with Crippen LogP contribution >= 0.6 is 0 Å². The number of benzene rings is 2. The largest absolute Gasteiger partial charge is 0.497 e. The van der Waals surface area contributed by atoms with Crippen LogP contribution < -0.4 is 14.4 Å². The molecule has 1 spiro atoms. The number of nitrogens with zero attached hydrogens (tertiary/aromatic N) is 3. The molecule has 3 heterocycles. The summed E-state index contributed by atoms with van der Waals surface area (Å²) in [6.45, 7) is 7.10. The maximum atomic E-state index is 13.8. The number of fused-ring (bicyclic) bond motifs is 1. The average Bonchev–Trinajstić information content (AvgIpc) is 3.40. The summed E-state index contributed by atoms with van der Waals surface area (Å²) in [5.41, 5.74) is 5.33. The molecule has 0 bridgehead atoms. The predicted octanol–water partition coefficient (Wildman–Crippen LogP) is 5.20. The number of hydrogen-bond acceptors (Lipinski definition) is 6. The van der Waals surface area contributed by atoms with Crippen molar-refractivity contribution in [3.05, 3.63) is 82.7 Å². The number of anilines is 1. The number of nitrogens with one attached hydrogen (secondary N) is 1. The normalized spacial score (nSPS) is 20.0. The number of piperidine rings is 1. The number of hydrogen-bond donors (Lipinski definition) is 1. The van der Waals surface area contributed by atoms with Crippen molar-refractivity contribution in [1.29, 1.82) is 0 Å². The lowest BCUT2D eigenvalue weighted by Gasteiger charge is -2.40. The summed E-state index contributed by atoms with van der Waals surface area (Å²) in [5, 5.41) is 0. The first-order chi connectivity index (χ1) is 20.2. The molecule has 1 atom stereocenters. The molecular formula is C33H40N4O4S. The molecule has 0 saturated carbocycles. The lowest BCUT2D eigenvalue weighted by molar-refractivity contribution is 0.0764. The third kappa shape index (κ3) is 5.52. The molecule has 1 N–H and O–H groups in total.